The molecule has 218 valence electrons. The summed E-state index contributed by atoms with van der Waals surface area (Å²) >= 11 is 0. The van der Waals surface area contributed by atoms with Crippen LogP contribution in [0.4, 0.5) is 36.8 Å². The van der Waals surface area contributed by atoms with Crippen molar-refractivity contribution in [3.05, 3.63) is 65.2 Å². The molecule has 2 fully saturated rings. The molecule has 0 spiro atoms. The van der Waals surface area contributed by atoms with E-state index >= 15 is 0 Å². The summed E-state index contributed by atoms with van der Waals surface area (Å²) in [5.74, 6) is 0.330. The van der Waals surface area contributed by atoms with Gasteiger partial charge >= 0.3 is 18.4 Å². The lowest BCUT2D eigenvalue weighted by Gasteiger charge is -2.32. The number of nitrogens with zero attached hydrogens (tertiary/aromatic N) is 2. The first kappa shape index (κ1) is 29.7. The van der Waals surface area contributed by atoms with Gasteiger partial charge in [-0.1, -0.05) is 24.3 Å². The van der Waals surface area contributed by atoms with E-state index in [1.807, 2.05) is 4.90 Å². The van der Waals surface area contributed by atoms with Gasteiger partial charge in [0, 0.05) is 56.1 Å². The lowest BCUT2D eigenvalue weighted by molar-refractivity contribution is -0.376. The maximum Gasteiger partial charge on any atom is 0.430 e. The van der Waals surface area contributed by atoms with Crippen molar-refractivity contribution in [2.75, 3.05) is 32.0 Å². The zero-order valence-corrected chi connectivity index (χ0v) is 21.6. The average Bonchev–Trinajstić information content (AvgIpc) is 3.62. The Kier molecular flexibility index (Phi) is 8.36. The highest BCUT2D eigenvalue weighted by molar-refractivity contribution is 5.95. The Labute approximate surface area is 227 Å². The summed E-state index contributed by atoms with van der Waals surface area (Å²) in [4.78, 5) is 28.5. The van der Waals surface area contributed by atoms with Gasteiger partial charge in [0.15, 0.2) is 0 Å². The minimum absolute atomic E-state index is 0.154. The molecule has 1 saturated heterocycles. The van der Waals surface area contributed by atoms with Gasteiger partial charge in [-0.05, 0) is 55.0 Å². The number of aliphatic hydroxyl groups is 1. The highest BCUT2D eigenvalue weighted by Crippen LogP contribution is 2.50. The summed E-state index contributed by atoms with van der Waals surface area (Å²) in [6.45, 7) is 1.91. The van der Waals surface area contributed by atoms with Crippen LogP contribution in [0, 0.1) is 5.92 Å². The fourth-order valence-corrected chi connectivity index (χ4v) is 4.67. The molecule has 2 aromatic carbocycles. The number of carbonyl (C=O) groups is 2. The van der Waals surface area contributed by atoms with Crippen molar-refractivity contribution < 1.29 is 41.0 Å². The predicted octanol–water partition coefficient (Wildman–Crippen LogP) is 4.88. The maximum absolute atomic E-state index is 13.1. The zero-order chi connectivity index (χ0) is 29.3. The van der Waals surface area contributed by atoms with Crippen LogP contribution in [-0.2, 0) is 12.1 Å². The quantitative estimate of drug-likeness (QED) is 0.394. The van der Waals surface area contributed by atoms with E-state index < -0.39 is 23.5 Å². The van der Waals surface area contributed by atoms with E-state index in [1.165, 1.54) is 0 Å². The van der Waals surface area contributed by atoms with Gasteiger partial charge < -0.3 is 20.6 Å². The molecule has 1 unspecified atom stereocenters. The molecule has 0 radical (unpaired) electrons. The number of hydrogen-bond donors (Lipinski definition) is 3. The molecular weight excluding hydrogens is 542 g/mol. The van der Waals surface area contributed by atoms with Crippen LogP contribution >= 0.6 is 0 Å². The smallest absolute Gasteiger partial charge is 0.369 e. The van der Waals surface area contributed by atoms with Crippen molar-refractivity contribution in [1.29, 1.82) is 0 Å². The van der Waals surface area contributed by atoms with Crippen LogP contribution in [-0.4, -0.2) is 71.9 Å². The zero-order valence-electron chi connectivity index (χ0n) is 21.6. The van der Waals surface area contributed by atoms with Gasteiger partial charge in [0.1, 0.15) is 0 Å². The number of halogens is 6. The Bertz CT molecular complexity index is 1180. The maximum atomic E-state index is 13.1. The van der Waals surface area contributed by atoms with E-state index in [2.05, 4.69) is 10.6 Å². The van der Waals surface area contributed by atoms with Gasteiger partial charge in [0.05, 0.1) is 0 Å². The largest absolute Gasteiger partial charge is 0.430 e. The molecule has 2 aliphatic rings. The number of alkyl halides is 6. The first-order valence-electron chi connectivity index (χ1n) is 12.8. The number of benzene rings is 2. The van der Waals surface area contributed by atoms with Crippen LogP contribution in [0.25, 0.3) is 0 Å². The van der Waals surface area contributed by atoms with E-state index in [9.17, 15) is 41.0 Å². The summed E-state index contributed by atoms with van der Waals surface area (Å²) in [6, 6.07) is 9.58. The molecule has 1 atom stereocenters. The van der Waals surface area contributed by atoms with Gasteiger partial charge in [0.25, 0.3) is 11.5 Å². The number of likely N-dealkylation sites (N-methyl/N-ethyl adjacent to an activating group) is 1. The molecule has 2 aromatic rings. The molecule has 40 heavy (non-hydrogen) atoms. The number of urea groups is 1. The molecule has 3 amide bonds. The predicted molar refractivity (Wildman–Crippen MR) is 134 cm³/mol. The third kappa shape index (κ3) is 6.52. The summed E-state index contributed by atoms with van der Waals surface area (Å²) in [7, 11) is 1.66. The van der Waals surface area contributed by atoms with Crippen LogP contribution < -0.4 is 10.6 Å². The molecule has 7 nitrogen and oxygen atoms in total. The fraction of sp³-hybridized carbons (Fsp3) is 0.481. The first-order valence-corrected chi connectivity index (χ1v) is 12.8. The molecule has 0 aromatic heterocycles. The van der Waals surface area contributed by atoms with Gasteiger partial charge in [-0.2, -0.15) is 26.3 Å². The number of hydrogen-bond acceptors (Lipinski definition) is 4. The Morgan fingerprint density at radius 2 is 1.55 bits per heavy atom. The minimum Gasteiger partial charge on any atom is -0.369 e. The van der Waals surface area contributed by atoms with Crippen molar-refractivity contribution in [1.82, 2.24) is 15.1 Å². The summed E-state index contributed by atoms with van der Waals surface area (Å²) in [6.07, 6.45) is -9.00. The van der Waals surface area contributed by atoms with Crippen LogP contribution in [0.1, 0.15) is 40.7 Å². The molecule has 1 aliphatic heterocycles. The number of carbonyl (C=O) groups excluding carboxylic acids is 2. The third-order valence-electron chi connectivity index (χ3n) is 7.35. The second kappa shape index (κ2) is 11.3. The van der Waals surface area contributed by atoms with Crippen molar-refractivity contribution in [3.63, 3.8) is 0 Å². The number of amides is 3. The number of likely N-dealkylation sites (tertiary alicyclic amines) is 1. The Hall–Kier alpha value is -3.32. The van der Waals surface area contributed by atoms with Crippen molar-refractivity contribution in [2.45, 2.75) is 49.8 Å². The van der Waals surface area contributed by atoms with Gasteiger partial charge in [-0.15, -0.1) is 0 Å². The summed E-state index contributed by atoms with van der Waals surface area (Å²) in [5.41, 5.74) is -4.82. The first-order chi connectivity index (χ1) is 18.7. The third-order valence-corrected chi connectivity index (χ3v) is 7.35. The standard InChI is InChI=1S/C27H30F6N4O3/c1-36(23(38)19-6-10-21(11-7-19)35-24(39)34-14-17-2-3-17)22-12-13-37(16-22)15-18-4-8-20(9-5-18)25(40,26(28,29)30)27(31,32)33/h4-11,17,22,40H,2-3,12-16H2,1H3,(H2,34,35,39). The Morgan fingerprint density at radius 3 is 2.10 bits per heavy atom. The monoisotopic (exact) mass is 572 g/mol. The highest BCUT2D eigenvalue weighted by atomic mass is 19.4. The van der Waals surface area contributed by atoms with Gasteiger partial charge in [-0.25, -0.2) is 4.79 Å². The molecular formula is C27H30F6N4O3. The Morgan fingerprint density at radius 1 is 0.950 bits per heavy atom. The molecule has 1 heterocycles. The highest BCUT2D eigenvalue weighted by Gasteiger charge is 2.71. The van der Waals surface area contributed by atoms with Gasteiger partial charge in [-0.3, -0.25) is 9.69 Å². The van der Waals surface area contributed by atoms with Crippen LogP contribution in [0.3, 0.4) is 0 Å². The minimum atomic E-state index is -5.94. The normalized spacial score (nSPS) is 18.4. The molecule has 13 heteroatoms. The molecule has 3 N–H and O–H groups in total. The number of anilines is 1. The van der Waals surface area contributed by atoms with E-state index in [-0.39, 0.29) is 24.5 Å². The number of nitrogens with one attached hydrogen (secondary N) is 2. The van der Waals surface area contributed by atoms with Crippen molar-refractivity contribution >= 4 is 17.6 Å². The SMILES string of the molecule is CN(C(=O)c1ccc(NC(=O)NCC2CC2)cc1)C1CCN(Cc2ccc(C(O)(C(F)(F)F)C(F)(F)F)cc2)C1. The average molecular weight is 573 g/mol. The van der Waals surface area contributed by atoms with Crippen molar-refractivity contribution in [2.24, 2.45) is 5.92 Å². The Balaban J connectivity index is 1.31. The molecule has 1 aliphatic carbocycles. The van der Waals surface area contributed by atoms with E-state index in [0.29, 0.717) is 60.9 Å². The second-order valence-electron chi connectivity index (χ2n) is 10.4. The van der Waals surface area contributed by atoms with Crippen LogP contribution in [0.15, 0.2) is 48.5 Å². The van der Waals surface area contributed by atoms with Gasteiger partial charge in [0.2, 0.25) is 0 Å². The molecule has 1 saturated carbocycles. The number of rotatable bonds is 8. The van der Waals surface area contributed by atoms with E-state index in [1.54, 1.807) is 36.2 Å². The lowest BCUT2D eigenvalue weighted by atomic mass is 9.91. The lowest BCUT2D eigenvalue weighted by Crippen LogP contribution is -2.53. The van der Waals surface area contributed by atoms with Crippen LogP contribution in [0.2, 0.25) is 0 Å². The topological polar surface area (TPSA) is 84.9 Å². The summed E-state index contributed by atoms with van der Waals surface area (Å²) < 4.78 is 78.7. The van der Waals surface area contributed by atoms with Crippen molar-refractivity contribution in [3.8, 4) is 0 Å². The van der Waals surface area contributed by atoms with E-state index in [0.717, 1.165) is 25.0 Å². The summed E-state index contributed by atoms with van der Waals surface area (Å²) in [5, 5.41) is 15.1. The van der Waals surface area contributed by atoms with Crippen LogP contribution in [0.5, 0.6) is 0 Å². The molecule has 0 bridgehead atoms. The molecule has 4 rings (SSSR count). The second-order valence-corrected chi connectivity index (χ2v) is 10.4. The fourth-order valence-electron chi connectivity index (χ4n) is 4.67. The van der Waals surface area contributed by atoms with E-state index in [4.69, 9.17) is 0 Å².